The Morgan fingerprint density at radius 1 is 1.00 bits per heavy atom. The molecule has 0 radical (unpaired) electrons. The topological polar surface area (TPSA) is 96.0 Å². The predicted molar refractivity (Wildman–Crippen MR) is 148 cm³/mol. The number of carbonyl (C=O) groups excluding carboxylic acids is 2. The molecule has 8 nitrogen and oxygen atoms in total. The van der Waals surface area contributed by atoms with Crippen molar-refractivity contribution in [3.63, 3.8) is 0 Å². The third-order valence-corrected chi connectivity index (χ3v) is 8.01. The molecule has 3 aromatic carbocycles. The summed E-state index contributed by atoms with van der Waals surface area (Å²) in [5.41, 5.74) is 1.70. The lowest BCUT2D eigenvalue weighted by molar-refractivity contribution is -0.140. The van der Waals surface area contributed by atoms with Gasteiger partial charge in [-0.15, -0.1) is 0 Å². The maximum Gasteiger partial charge on any atom is 0.264 e. The van der Waals surface area contributed by atoms with E-state index in [2.05, 4.69) is 5.32 Å². The van der Waals surface area contributed by atoms with Crippen molar-refractivity contribution in [2.45, 2.75) is 44.7 Å². The Labute approximate surface area is 229 Å². The molecule has 2 amide bonds. The van der Waals surface area contributed by atoms with Gasteiger partial charge in [0.05, 0.1) is 17.7 Å². The molecule has 0 fully saturated rings. The van der Waals surface area contributed by atoms with Crippen molar-refractivity contribution in [3.8, 4) is 5.75 Å². The van der Waals surface area contributed by atoms with E-state index < -0.39 is 34.3 Å². The standard InChI is InChI=1S/C29H34FN3O5S/c1-5-27(29(35)31-6-2)32(19-22-8-7-9-25(18-22)38-4)28(34)20-33(24-14-12-23(30)13-15-24)39(36,37)26-16-10-21(3)11-17-26/h7-18,27H,5-6,19-20H2,1-4H3,(H,31,35)/t27-/m0/s1. The van der Waals surface area contributed by atoms with Crippen LogP contribution in [0.1, 0.15) is 31.4 Å². The summed E-state index contributed by atoms with van der Waals surface area (Å²) >= 11 is 0. The van der Waals surface area contributed by atoms with E-state index in [-0.39, 0.29) is 23.0 Å². The third kappa shape index (κ3) is 7.35. The van der Waals surface area contributed by atoms with Crippen LogP contribution in [0, 0.1) is 12.7 Å². The zero-order valence-electron chi connectivity index (χ0n) is 22.6. The molecule has 0 aromatic heterocycles. The highest BCUT2D eigenvalue weighted by Gasteiger charge is 2.33. The number of aryl methyl sites for hydroxylation is 1. The lowest BCUT2D eigenvalue weighted by atomic mass is 10.1. The molecular formula is C29H34FN3O5S. The van der Waals surface area contributed by atoms with E-state index in [1.807, 2.05) is 6.92 Å². The van der Waals surface area contributed by atoms with Crippen LogP contribution in [0.3, 0.4) is 0 Å². The van der Waals surface area contributed by atoms with E-state index in [1.165, 1.54) is 36.3 Å². The van der Waals surface area contributed by atoms with Gasteiger partial charge in [-0.25, -0.2) is 12.8 Å². The third-order valence-electron chi connectivity index (χ3n) is 6.23. The number of hydrogen-bond acceptors (Lipinski definition) is 5. The first-order chi connectivity index (χ1) is 18.6. The first kappa shape index (κ1) is 29.6. The average molecular weight is 556 g/mol. The zero-order valence-corrected chi connectivity index (χ0v) is 23.4. The molecule has 0 saturated heterocycles. The van der Waals surface area contributed by atoms with Crippen LogP contribution in [0.5, 0.6) is 5.75 Å². The number of ether oxygens (including phenoxy) is 1. The first-order valence-electron chi connectivity index (χ1n) is 12.7. The highest BCUT2D eigenvalue weighted by Crippen LogP contribution is 2.26. The van der Waals surface area contributed by atoms with E-state index in [4.69, 9.17) is 4.74 Å². The molecule has 0 aliphatic carbocycles. The Balaban J connectivity index is 2.06. The monoisotopic (exact) mass is 555 g/mol. The van der Waals surface area contributed by atoms with Gasteiger partial charge in [0.2, 0.25) is 11.8 Å². The Hall–Kier alpha value is -3.92. The minimum atomic E-state index is -4.22. The molecule has 3 rings (SSSR count). The number of sulfonamides is 1. The Morgan fingerprint density at radius 3 is 2.26 bits per heavy atom. The number of halogens is 1. The second-order valence-corrected chi connectivity index (χ2v) is 10.9. The molecule has 0 aliphatic rings. The van der Waals surface area contributed by atoms with E-state index >= 15 is 0 Å². The van der Waals surface area contributed by atoms with Crippen LogP contribution >= 0.6 is 0 Å². The van der Waals surface area contributed by atoms with E-state index in [0.29, 0.717) is 24.3 Å². The average Bonchev–Trinajstić information content (AvgIpc) is 2.92. The quantitative estimate of drug-likeness (QED) is 0.360. The van der Waals surface area contributed by atoms with Gasteiger partial charge in [0, 0.05) is 13.1 Å². The van der Waals surface area contributed by atoms with Gasteiger partial charge >= 0.3 is 0 Å². The summed E-state index contributed by atoms with van der Waals surface area (Å²) in [7, 11) is -2.69. The fourth-order valence-corrected chi connectivity index (χ4v) is 5.57. The van der Waals surface area contributed by atoms with Crippen LogP contribution in [0.15, 0.2) is 77.7 Å². The largest absolute Gasteiger partial charge is 0.497 e. The van der Waals surface area contributed by atoms with Crippen LogP contribution in [-0.4, -0.2) is 51.4 Å². The van der Waals surface area contributed by atoms with Gasteiger partial charge < -0.3 is 15.0 Å². The van der Waals surface area contributed by atoms with E-state index in [1.54, 1.807) is 50.2 Å². The maximum atomic E-state index is 13.9. The van der Waals surface area contributed by atoms with Crippen molar-refractivity contribution >= 4 is 27.5 Å². The van der Waals surface area contributed by atoms with Crippen molar-refractivity contribution in [1.82, 2.24) is 10.2 Å². The molecule has 10 heteroatoms. The summed E-state index contributed by atoms with van der Waals surface area (Å²) in [5.74, 6) is -0.887. The van der Waals surface area contributed by atoms with Gasteiger partial charge in [0.1, 0.15) is 24.2 Å². The highest BCUT2D eigenvalue weighted by molar-refractivity contribution is 7.92. The second-order valence-electron chi connectivity index (χ2n) is 8.99. The van der Waals surface area contributed by atoms with Gasteiger partial charge in [0.25, 0.3) is 10.0 Å². The van der Waals surface area contributed by atoms with Crippen molar-refractivity contribution < 1.29 is 27.1 Å². The van der Waals surface area contributed by atoms with Crippen molar-refractivity contribution in [1.29, 1.82) is 0 Å². The number of amides is 2. The molecule has 0 saturated carbocycles. The SMILES string of the molecule is CCNC(=O)[C@H](CC)N(Cc1cccc(OC)c1)C(=O)CN(c1ccc(F)cc1)S(=O)(=O)c1ccc(C)cc1. The number of methoxy groups -OCH3 is 1. The number of rotatable bonds is 12. The van der Waals surface area contributed by atoms with Gasteiger partial charge in [-0.05, 0) is 74.4 Å². The summed E-state index contributed by atoms with van der Waals surface area (Å²) < 4.78 is 47.5. The molecule has 3 aromatic rings. The van der Waals surface area contributed by atoms with Gasteiger partial charge in [-0.1, -0.05) is 36.8 Å². The van der Waals surface area contributed by atoms with Crippen molar-refractivity contribution in [2.75, 3.05) is 24.5 Å². The molecule has 208 valence electrons. The zero-order chi connectivity index (χ0) is 28.6. The Bertz CT molecular complexity index is 1380. The first-order valence-corrected chi connectivity index (χ1v) is 14.1. The van der Waals surface area contributed by atoms with Crippen molar-refractivity contribution in [3.05, 3.63) is 89.7 Å². The number of carbonyl (C=O) groups is 2. The predicted octanol–water partition coefficient (Wildman–Crippen LogP) is 4.28. The smallest absolute Gasteiger partial charge is 0.264 e. The van der Waals surface area contributed by atoms with Gasteiger partial charge in [-0.3, -0.25) is 13.9 Å². The molecule has 0 aliphatic heterocycles. The van der Waals surface area contributed by atoms with E-state index in [0.717, 1.165) is 22.0 Å². The molecule has 0 spiro atoms. The number of nitrogens with one attached hydrogen (secondary N) is 1. The van der Waals surface area contributed by atoms with Crippen LogP contribution in [-0.2, 0) is 26.2 Å². The fourth-order valence-electron chi connectivity index (χ4n) is 4.15. The maximum absolute atomic E-state index is 13.9. The summed E-state index contributed by atoms with van der Waals surface area (Å²) in [6, 6.07) is 17.4. The number of anilines is 1. The van der Waals surface area contributed by atoms with Crippen LogP contribution in [0.2, 0.25) is 0 Å². The molecule has 39 heavy (non-hydrogen) atoms. The van der Waals surface area contributed by atoms with Crippen molar-refractivity contribution in [2.24, 2.45) is 0 Å². The number of nitrogens with zero attached hydrogens (tertiary/aromatic N) is 2. The Kier molecular flexibility index (Phi) is 10.1. The fraction of sp³-hybridized carbons (Fsp3) is 0.310. The number of likely N-dealkylation sites (N-methyl/N-ethyl adjacent to an activating group) is 1. The molecular weight excluding hydrogens is 521 g/mol. The van der Waals surface area contributed by atoms with E-state index in [9.17, 15) is 22.4 Å². The molecule has 1 N–H and O–H groups in total. The second kappa shape index (κ2) is 13.2. The molecule has 0 heterocycles. The van der Waals surface area contributed by atoms with Crippen LogP contribution in [0.25, 0.3) is 0 Å². The molecule has 0 unspecified atom stereocenters. The summed E-state index contributed by atoms with van der Waals surface area (Å²) in [5, 5.41) is 2.76. The lowest BCUT2D eigenvalue weighted by Gasteiger charge is -2.33. The summed E-state index contributed by atoms with van der Waals surface area (Å²) in [4.78, 5) is 28.3. The Morgan fingerprint density at radius 2 is 1.67 bits per heavy atom. The van der Waals surface area contributed by atoms with Gasteiger partial charge in [-0.2, -0.15) is 0 Å². The normalized spacial score (nSPS) is 11.9. The minimum absolute atomic E-state index is 0.0136. The molecule has 1 atom stereocenters. The minimum Gasteiger partial charge on any atom is -0.497 e. The number of hydrogen-bond donors (Lipinski definition) is 1. The lowest BCUT2D eigenvalue weighted by Crippen LogP contribution is -2.52. The highest BCUT2D eigenvalue weighted by atomic mass is 32.2. The summed E-state index contributed by atoms with van der Waals surface area (Å²) in [6.45, 7) is 5.23. The van der Waals surface area contributed by atoms with Crippen LogP contribution < -0.4 is 14.4 Å². The van der Waals surface area contributed by atoms with Gasteiger partial charge in [0.15, 0.2) is 0 Å². The van der Waals surface area contributed by atoms with Crippen LogP contribution in [0.4, 0.5) is 10.1 Å². The summed E-state index contributed by atoms with van der Waals surface area (Å²) in [6.07, 6.45) is 0.308. The molecule has 0 bridgehead atoms. The number of benzene rings is 3.